The van der Waals surface area contributed by atoms with E-state index in [2.05, 4.69) is 0 Å². The lowest BCUT2D eigenvalue weighted by Crippen LogP contribution is -2.50. The summed E-state index contributed by atoms with van der Waals surface area (Å²) in [5.74, 6) is -71.1. The van der Waals surface area contributed by atoms with E-state index in [0.29, 0.717) is 0 Å². The van der Waals surface area contributed by atoms with Gasteiger partial charge in [-0.1, -0.05) is 0 Å². The second-order valence-electron chi connectivity index (χ2n) is 8.34. The number of hydrogen-bond donors (Lipinski definition) is 0. The van der Waals surface area contributed by atoms with Gasteiger partial charge in [0.05, 0.1) is 0 Å². The monoisotopic (exact) mass is 699 g/mol. The average Bonchev–Trinajstić information content (AvgIpc) is 3.00. The molecule has 0 N–H and O–H groups in total. The van der Waals surface area contributed by atoms with Crippen molar-refractivity contribution >= 4 is 28.5 Å². The lowest BCUT2D eigenvalue weighted by Gasteiger charge is -2.30. The number of halogens is 20. The molecule has 0 amide bonds. The summed E-state index contributed by atoms with van der Waals surface area (Å²) < 4.78 is 294. The van der Waals surface area contributed by atoms with E-state index in [0.717, 1.165) is 0 Å². The summed E-state index contributed by atoms with van der Waals surface area (Å²) in [6, 6.07) is 0. The topological polar surface area (TPSA) is 0 Å². The number of hydrogen-bond acceptors (Lipinski definition) is 0. The molecule has 0 unspecified atom stereocenters. The van der Waals surface area contributed by atoms with Crippen molar-refractivity contribution in [1.29, 1.82) is 0 Å². The molecule has 45 heavy (non-hydrogen) atoms. The Bertz CT molecular complexity index is 1570. The molecular formula is C24F20P+. The van der Waals surface area contributed by atoms with Crippen molar-refractivity contribution in [2.75, 3.05) is 0 Å². The highest BCUT2D eigenvalue weighted by Crippen LogP contribution is 2.60. The molecule has 0 atom stereocenters. The highest BCUT2D eigenvalue weighted by atomic mass is 31.2. The molecule has 0 aliphatic carbocycles. The van der Waals surface area contributed by atoms with Gasteiger partial charge >= 0.3 is 0 Å². The van der Waals surface area contributed by atoms with E-state index in [9.17, 15) is 52.7 Å². The fraction of sp³-hybridized carbons (Fsp3) is 0. The maximum atomic E-state index is 15.4. The largest absolute Gasteiger partial charge is 0.208 e. The molecule has 0 heterocycles. The Hall–Kier alpha value is -4.09. The van der Waals surface area contributed by atoms with E-state index in [4.69, 9.17) is 0 Å². The van der Waals surface area contributed by atoms with Crippen molar-refractivity contribution in [1.82, 2.24) is 0 Å². The van der Waals surface area contributed by atoms with Crippen LogP contribution in [0.1, 0.15) is 0 Å². The minimum Gasteiger partial charge on any atom is -0.200 e. The van der Waals surface area contributed by atoms with Crippen LogP contribution in [0.25, 0.3) is 0 Å². The standard InChI is InChI=1S/C24F20P/c25-1-5(29)13(37)21(14(38)6(1)30)45(22-15(39)7(31)2(26)8(32)16(22)40,23-17(41)9(33)3(27)10(34)18(23)42)24-19(43)11(35)4(28)12(36)20(24)44/q+1. The Balaban J connectivity index is 2.69. The van der Waals surface area contributed by atoms with Gasteiger partial charge in [-0.2, -0.15) is 35.1 Å². The first-order chi connectivity index (χ1) is 20.7. The van der Waals surface area contributed by atoms with Crippen molar-refractivity contribution in [2.45, 2.75) is 0 Å². The average molecular weight is 699 g/mol. The third-order valence-electron chi connectivity index (χ3n) is 6.09. The van der Waals surface area contributed by atoms with Gasteiger partial charge in [0.15, 0.2) is 28.5 Å². The molecule has 4 aromatic rings. The van der Waals surface area contributed by atoms with Gasteiger partial charge in [0.1, 0.15) is 0 Å². The van der Waals surface area contributed by atoms with Crippen LogP contribution in [-0.2, 0) is 0 Å². The molecule has 21 heteroatoms. The molecule has 0 bridgehead atoms. The van der Waals surface area contributed by atoms with E-state index in [1.165, 1.54) is 0 Å². The molecule has 240 valence electrons. The van der Waals surface area contributed by atoms with Crippen molar-refractivity contribution in [2.24, 2.45) is 0 Å². The lowest BCUT2D eigenvalue weighted by molar-refractivity contribution is 0.379. The molecular weight excluding hydrogens is 699 g/mol. The van der Waals surface area contributed by atoms with Crippen LogP contribution >= 0.6 is 7.26 Å². The van der Waals surface area contributed by atoms with Crippen molar-refractivity contribution in [3.8, 4) is 0 Å². The van der Waals surface area contributed by atoms with Crippen molar-refractivity contribution in [3.05, 3.63) is 116 Å². The Morgan fingerprint density at radius 1 is 0.156 bits per heavy atom. The highest BCUT2D eigenvalue weighted by Gasteiger charge is 2.66. The van der Waals surface area contributed by atoms with Crippen LogP contribution in [0, 0.1) is 116 Å². The van der Waals surface area contributed by atoms with Gasteiger partial charge in [-0.15, -0.1) is 0 Å². The zero-order valence-electron chi connectivity index (χ0n) is 20.0. The molecule has 0 spiro atoms. The van der Waals surface area contributed by atoms with Gasteiger partial charge in [0.2, 0.25) is 116 Å². The first-order valence-electron chi connectivity index (χ1n) is 10.7. The summed E-state index contributed by atoms with van der Waals surface area (Å²) in [6.07, 6.45) is 0. The SMILES string of the molecule is Fc1c(F)c(F)c([P+](c2c(F)c(F)c(F)c(F)c2F)(c2c(F)c(F)c(F)c(F)c2F)c2c(F)c(F)c(F)c(F)c2F)c(F)c1F. The fourth-order valence-electron chi connectivity index (χ4n) is 4.22. The van der Waals surface area contributed by atoms with Gasteiger partial charge in [-0.3, -0.25) is 0 Å². The summed E-state index contributed by atoms with van der Waals surface area (Å²) in [6.45, 7) is 0. The third-order valence-corrected chi connectivity index (χ3v) is 10.3. The van der Waals surface area contributed by atoms with Crippen LogP contribution in [0.2, 0.25) is 0 Å². The summed E-state index contributed by atoms with van der Waals surface area (Å²) in [4.78, 5) is 0. The quantitative estimate of drug-likeness (QED) is 0.0925. The Kier molecular flexibility index (Phi) is 8.31. The predicted octanol–water partition coefficient (Wildman–Crippen LogP) is 7.09. The second kappa shape index (κ2) is 11.1. The van der Waals surface area contributed by atoms with E-state index in [1.54, 1.807) is 0 Å². The minimum atomic E-state index is -8.09. The Morgan fingerprint density at radius 2 is 0.244 bits per heavy atom. The van der Waals surface area contributed by atoms with Crippen LogP contribution in [0.15, 0.2) is 0 Å². The molecule has 0 fully saturated rings. The fourth-order valence-corrected chi connectivity index (χ4v) is 8.70. The van der Waals surface area contributed by atoms with Crippen LogP contribution in [0.3, 0.4) is 0 Å². The van der Waals surface area contributed by atoms with Gasteiger partial charge < -0.3 is 0 Å². The molecule has 0 aliphatic rings. The molecule has 0 aliphatic heterocycles. The second-order valence-corrected chi connectivity index (χ2v) is 11.5. The highest BCUT2D eigenvalue weighted by molar-refractivity contribution is 8.01. The van der Waals surface area contributed by atoms with E-state index in [-0.39, 0.29) is 0 Å². The maximum absolute atomic E-state index is 15.4. The van der Waals surface area contributed by atoms with Crippen molar-refractivity contribution < 1.29 is 87.8 Å². The first kappa shape index (κ1) is 33.8. The zero-order chi connectivity index (χ0) is 34.4. The lowest BCUT2D eigenvalue weighted by atomic mass is 10.3. The summed E-state index contributed by atoms with van der Waals surface area (Å²) in [5, 5.41) is -14.1. The minimum absolute atomic E-state index is 3.33. The molecule has 4 rings (SSSR count). The smallest absolute Gasteiger partial charge is 0.200 e. The molecule has 0 aromatic heterocycles. The number of benzene rings is 4. The number of rotatable bonds is 4. The van der Waals surface area contributed by atoms with Gasteiger partial charge in [0.25, 0.3) is 0 Å². The Morgan fingerprint density at radius 3 is 0.356 bits per heavy atom. The molecule has 4 aromatic carbocycles. The third kappa shape index (κ3) is 4.27. The first-order valence-corrected chi connectivity index (χ1v) is 12.5. The zero-order valence-corrected chi connectivity index (χ0v) is 20.9. The van der Waals surface area contributed by atoms with Crippen LogP contribution < -0.4 is 21.2 Å². The van der Waals surface area contributed by atoms with Crippen LogP contribution in [-0.4, -0.2) is 0 Å². The summed E-state index contributed by atoms with van der Waals surface area (Å²) in [5.41, 5.74) is 0. The van der Waals surface area contributed by atoms with E-state index >= 15 is 35.1 Å². The molecule has 0 saturated heterocycles. The molecule has 0 radical (unpaired) electrons. The van der Waals surface area contributed by atoms with Gasteiger partial charge in [-0.25, -0.2) is 52.7 Å². The maximum Gasteiger partial charge on any atom is 0.208 e. The normalized spacial score (nSPS) is 12.0. The molecule has 0 nitrogen and oxygen atoms in total. The summed E-state index contributed by atoms with van der Waals surface area (Å²) in [7, 11) is -8.09. The van der Waals surface area contributed by atoms with E-state index < -0.39 is 145 Å². The van der Waals surface area contributed by atoms with Crippen LogP contribution in [0.5, 0.6) is 0 Å². The van der Waals surface area contributed by atoms with Gasteiger partial charge in [-0.05, 0) is 0 Å². The summed E-state index contributed by atoms with van der Waals surface area (Å²) >= 11 is 0. The van der Waals surface area contributed by atoms with E-state index in [1.807, 2.05) is 0 Å². The van der Waals surface area contributed by atoms with Crippen LogP contribution in [0.4, 0.5) is 87.8 Å². The van der Waals surface area contributed by atoms with Gasteiger partial charge in [0, 0.05) is 0 Å². The van der Waals surface area contributed by atoms with Crippen molar-refractivity contribution in [3.63, 3.8) is 0 Å². The Labute approximate surface area is 233 Å². The molecule has 0 saturated carbocycles. The predicted molar refractivity (Wildman–Crippen MR) is 110 cm³/mol.